The maximum absolute atomic E-state index is 12.0. The van der Waals surface area contributed by atoms with Crippen LogP contribution >= 0.6 is 15.9 Å². The molecule has 1 amide bonds. The lowest BCUT2D eigenvalue weighted by Gasteiger charge is -2.26. The van der Waals surface area contributed by atoms with Crippen LogP contribution in [-0.4, -0.2) is 30.9 Å². The number of nitrogens with zero attached hydrogens (tertiary/aromatic N) is 1. The first-order valence-electron chi connectivity index (χ1n) is 7.06. The minimum atomic E-state index is -0.571. The van der Waals surface area contributed by atoms with Crippen molar-refractivity contribution in [1.29, 1.82) is 0 Å². The largest absolute Gasteiger partial charge is 0.348 e. The summed E-state index contributed by atoms with van der Waals surface area (Å²) in [7, 11) is 0. The summed E-state index contributed by atoms with van der Waals surface area (Å²) in [5.41, 5.74) is 3.12. The lowest BCUT2D eigenvalue weighted by atomic mass is 10.1. The van der Waals surface area contributed by atoms with Crippen molar-refractivity contribution in [2.45, 2.75) is 46.5 Å². The molecule has 1 aromatic rings. The van der Waals surface area contributed by atoms with Crippen molar-refractivity contribution >= 4 is 27.5 Å². The van der Waals surface area contributed by atoms with E-state index in [2.05, 4.69) is 15.9 Å². The SMILES string of the molecule is CC(=O)N(CC1COC(C)(C)O1)c1cc(C)c(Br)c(C)c1. The van der Waals surface area contributed by atoms with Gasteiger partial charge in [-0.3, -0.25) is 4.79 Å². The topological polar surface area (TPSA) is 38.8 Å². The van der Waals surface area contributed by atoms with Crippen LogP contribution in [0.15, 0.2) is 16.6 Å². The van der Waals surface area contributed by atoms with Gasteiger partial charge in [-0.15, -0.1) is 0 Å². The summed E-state index contributed by atoms with van der Waals surface area (Å²) < 4.78 is 12.5. The molecule has 0 N–H and O–H groups in total. The summed E-state index contributed by atoms with van der Waals surface area (Å²) in [4.78, 5) is 13.8. The molecule has 0 bridgehead atoms. The minimum absolute atomic E-state index is 0.00410. The van der Waals surface area contributed by atoms with Gasteiger partial charge in [0, 0.05) is 17.1 Å². The number of anilines is 1. The van der Waals surface area contributed by atoms with Crippen LogP contribution in [-0.2, 0) is 14.3 Å². The van der Waals surface area contributed by atoms with Crippen LogP contribution in [0.4, 0.5) is 5.69 Å². The quantitative estimate of drug-likeness (QED) is 0.831. The van der Waals surface area contributed by atoms with Crippen molar-refractivity contribution in [3.05, 3.63) is 27.7 Å². The van der Waals surface area contributed by atoms with E-state index in [1.807, 2.05) is 39.8 Å². The Balaban J connectivity index is 2.22. The molecule has 0 aromatic heterocycles. The van der Waals surface area contributed by atoms with Gasteiger partial charge in [0.25, 0.3) is 0 Å². The zero-order chi connectivity index (χ0) is 15.8. The fourth-order valence-electron chi connectivity index (χ4n) is 2.55. The lowest BCUT2D eigenvalue weighted by Crippen LogP contribution is -2.38. The fourth-order valence-corrected chi connectivity index (χ4v) is 2.78. The second-order valence-electron chi connectivity index (χ2n) is 5.97. The van der Waals surface area contributed by atoms with Crippen LogP contribution in [0.1, 0.15) is 31.9 Å². The lowest BCUT2D eigenvalue weighted by molar-refractivity contribution is -0.138. The summed E-state index contributed by atoms with van der Waals surface area (Å²) >= 11 is 3.55. The molecule has 1 saturated heterocycles. The fraction of sp³-hybridized carbons (Fsp3) is 0.562. The summed E-state index contributed by atoms with van der Waals surface area (Å²) in [6, 6.07) is 4.03. The van der Waals surface area contributed by atoms with Crippen LogP contribution in [0, 0.1) is 13.8 Å². The van der Waals surface area contributed by atoms with Crippen molar-refractivity contribution in [2.24, 2.45) is 0 Å². The summed E-state index contributed by atoms with van der Waals surface area (Å²) in [6.45, 7) is 10.4. The van der Waals surface area contributed by atoms with Gasteiger partial charge in [0.05, 0.1) is 13.2 Å². The van der Waals surface area contributed by atoms with Crippen molar-refractivity contribution in [3.8, 4) is 0 Å². The summed E-state index contributed by atoms with van der Waals surface area (Å²) in [5.74, 6) is -0.567. The molecular formula is C16H22BrNO3. The average molecular weight is 356 g/mol. The monoisotopic (exact) mass is 355 g/mol. The molecule has 0 saturated carbocycles. The van der Waals surface area contributed by atoms with Crippen molar-refractivity contribution in [3.63, 3.8) is 0 Å². The molecule has 1 aliphatic rings. The van der Waals surface area contributed by atoms with Crippen molar-refractivity contribution in [2.75, 3.05) is 18.1 Å². The maximum atomic E-state index is 12.0. The van der Waals surface area contributed by atoms with Crippen LogP contribution in [0.5, 0.6) is 0 Å². The Morgan fingerprint density at radius 1 is 1.38 bits per heavy atom. The smallest absolute Gasteiger partial charge is 0.223 e. The predicted octanol–water partition coefficient (Wildman–Crippen LogP) is 3.57. The van der Waals surface area contributed by atoms with E-state index in [1.54, 1.807) is 11.8 Å². The van der Waals surface area contributed by atoms with E-state index in [1.165, 1.54) is 0 Å². The number of rotatable bonds is 3. The number of halogens is 1. The van der Waals surface area contributed by atoms with E-state index in [0.29, 0.717) is 13.2 Å². The summed E-state index contributed by atoms with van der Waals surface area (Å²) in [6.07, 6.45) is -0.104. The van der Waals surface area contributed by atoms with Gasteiger partial charge < -0.3 is 14.4 Å². The highest BCUT2D eigenvalue weighted by molar-refractivity contribution is 9.10. The van der Waals surface area contributed by atoms with Crippen LogP contribution < -0.4 is 4.90 Å². The Labute approximate surface area is 134 Å². The first-order valence-corrected chi connectivity index (χ1v) is 7.85. The molecule has 1 aromatic carbocycles. The van der Waals surface area contributed by atoms with Gasteiger partial charge in [0.1, 0.15) is 6.10 Å². The molecule has 5 heteroatoms. The highest BCUT2D eigenvalue weighted by Gasteiger charge is 2.34. The van der Waals surface area contributed by atoms with Gasteiger partial charge in [0.2, 0.25) is 5.91 Å². The molecule has 0 radical (unpaired) electrons. The number of ether oxygens (including phenoxy) is 2. The Bertz CT molecular complexity index is 533. The van der Waals surface area contributed by atoms with Crippen LogP contribution in [0.3, 0.4) is 0 Å². The number of benzene rings is 1. The van der Waals surface area contributed by atoms with Crippen molar-refractivity contribution in [1.82, 2.24) is 0 Å². The number of hydrogen-bond donors (Lipinski definition) is 0. The molecule has 2 rings (SSSR count). The molecule has 1 unspecified atom stereocenters. The first-order chi connectivity index (χ1) is 9.69. The van der Waals surface area contributed by atoms with Gasteiger partial charge in [-0.1, -0.05) is 15.9 Å². The molecular weight excluding hydrogens is 334 g/mol. The number of aryl methyl sites for hydroxylation is 2. The third-order valence-electron chi connectivity index (χ3n) is 3.57. The van der Waals surface area contributed by atoms with E-state index in [4.69, 9.17) is 9.47 Å². The Morgan fingerprint density at radius 2 is 1.95 bits per heavy atom. The van der Waals surface area contributed by atoms with E-state index < -0.39 is 5.79 Å². The molecule has 21 heavy (non-hydrogen) atoms. The number of hydrogen-bond acceptors (Lipinski definition) is 3. The zero-order valence-electron chi connectivity index (χ0n) is 13.2. The van der Waals surface area contributed by atoms with Gasteiger partial charge >= 0.3 is 0 Å². The van der Waals surface area contributed by atoms with Gasteiger partial charge in [0.15, 0.2) is 5.79 Å². The standard InChI is InChI=1S/C16H22BrNO3/c1-10-6-13(7-11(2)15(10)17)18(12(3)19)8-14-9-20-16(4,5)21-14/h6-7,14H,8-9H2,1-5H3. The van der Waals surface area contributed by atoms with Gasteiger partial charge in [-0.25, -0.2) is 0 Å². The number of amides is 1. The normalized spacial score (nSPS) is 20.6. The average Bonchev–Trinajstić information content (AvgIpc) is 2.71. The molecule has 116 valence electrons. The third kappa shape index (κ3) is 3.84. The second-order valence-corrected chi connectivity index (χ2v) is 6.77. The predicted molar refractivity (Wildman–Crippen MR) is 86.5 cm³/mol. The molecule has 4 nitrogen and oxygen atoms in total. The molecule has 0 aliphatic carbocycles. The van der Waals surface area contributed by atoms with Gasteiger partial charge in [-0.2, -0.15) is 0 Å². The van der Waals surface area contributed by atoms with Crippen molar-refractivity contribution < 1.29 is 14.3 Å². The number of carbonyl (C=O) groups is 1. The second kappa shape index (κ2) is 6.07. The highest BCUT2D eigenvalue weighted by Crippen LogP contribution is 2.29. The Morgan fingerprint density at radius 3 is 2.38 bits per heavy atom. The molecule has 1 aliphatic heterocycles. The molecule has 1 heterocycles. The highest BCUT2D eigenvalue weighted by atomic mass is 79.9. The van der Waals surface area contributed by atoms with Gasteiger partial charge in [-0.05, 0) is 51.0 Å². The Hall–Kier alpha value is -0.910. The summed E-state index contributed by atoms with van der Waals surface area (Å²) in [5, 5.41) is 0. The molecule has 0 spiro atoms. The van der Waals surface area contributed by atoms with E-state index >= 15 is 0 Å². The third-order valence-corrected chi connectivity index (χ3v) is 4.82. The minimum Gasteiger partial charge on any atom is -0.348 e. The first kappa shape index (κ1) is 16.5. The number of carbonyl (C=O) groups excluding carboxylic acids is 1. The molecule has 1 fully saturated rings. The molecule has 1 atom stereocenters. The zero-order valence-corrected chi connectivity index (χ0v) is 14.8. The van der Waals surface area contributed by atoms with E-state index in [-0.39, 0.29) is 12.0 Å². The van der Waals surface area contributed by atoms with E-state index in [9.17, 15) is 4.79 Å². The maximum Gasteiger partial charge on any atom is 0.223 e. The van der Waals surface area contributed by atoms with Crippen LogP contribution in [0.25, 0.3) is 0 Å². The van der Waals surface area contributed by atoms with E-state index in [0.717, 1.165) is 21.3 Å². The Kier molecular flexibility index (Phi) is 4.76. The van der Waals surface area contributed by atoms with Crippen LogP contribution in [0.2, 0.25) is 0 Å².